The zero-order valence-electron chi connectivity index (χ0n) is 10.6. The van der Waals surface area contributed by atoms with Crippen molar-refractivity contribution in [2.24, 2.45) is 0 Å². The summed E-state index contributed by atoms with van der Waals surface area (Å²) >= 11 is 0. The highest BCUT2D eigenvalue weighted by Crippen LogP contribution is 2.18. The zero-order valence-corrected chi connectivity index (χ0v) is 10.6. The van der Waals surface area contributed by atoms with Gasteiger partial charge in [0.2, 0.25) is 0 Å². The molecule has 0 saturated carbocycles. The van der Waals surface area contributed by atoms with Crippen LogP contribution in [0, 0.1) is 6.92 Å². The minimum Gasteiger partial charge on any atom is -0.444 e. The lowest BCUT2D eigenvalue weighted by Gasteiger charge is -2.20. The van der Waals surface area contributed by atoms with E-state index in [1.165, 1.54) is 6.20 Å². The highest BCUT2D eigenvalue weighted by atomic mass is 16.6. The molecular weight excluding hydrogens is 220 g/mol. The van der Waals surface area contributed by atoms with E-state index in [2.05, 4.69) is 10.3 Å². The molecule has 1 amide bonds. The molecule has 0 fully saturated rings. The molecule has 17 heavy (non-hydrogen) atoms. The lowest BCUT2D eigenvalue weighted by molar-refractivity contribution is 0.0635. The van der Waals surface area contributed by atoms with Crippen molar-refractivity contribution < 1.29 is 14.6 Å². The van der Waals surface area contributed by atoms with Gasteiger partial charge in [-0.05, 0) is 39.3 Å². The summed E-state index contributed by atoms with van der Waals surface area (Å²) in [5.74, 6) is 0. The van der Waals surface area contributed by atoms with Crippen LogP contribution in [-0.2, 0) is 11.3 Å². The van der Waals surface area contributed by atoms with Gasteiger partial charge in [0, 0.05) is 6.20 Å². The third kappa shape index (κ3) is 4.03. The van der Waals surface area contributed by atoms with Crippen LogP contribution in [0.15, 0.2) is 12.3 Å². The van der Waals surface area contributed by atoms with Crippen LogP contribution in [0.3, 0.4) is 0 Å². The Balaban J connectivity index is 2.79. The summed E-state index contributed by atoms with van der Waals surface area (Å²) in [6, 6.07) is 1.67. The van der Waals surface area contributed by atoms with E-state index in [1.54, 1.807) is 33.8 Å². The van der Waals surface area contributed by atoms with E-state index in [0.717, 1.165) is 5.56 Å². The van der Waals surface area contributed by atoms with Gasteiger partial charge in [0.1, 0.15) is 5.60 Å². The van der Waals surface area contributed by atoms with Crippen molar-refractivity contribution in [1.82, 2.24) is 4.98 Å². The fourth-order valence-corrected chi connectivity index (χ4v) is 1.29. The predicted octanol–water partition coefficient (Wildman–Crippen LogP) is 2.23. The molecule has 5 nitrogen and oxygen atoms in total. The summed E-state index contributed by atoms with van der Waals surface area (Å²) in [5, 5.41) is 11.7. The number of anilines is 1. The first kappa shape index (κ1) is 13.4. The molecule has 0 aromatic carbocycles. The number of hydrogen-bond acceptors (Lipinski definition) is 4. The lowest BCUT2D eigenvalue weighted by atomic mass is 10.2. The normalized spacial score (nSPS) is 11.1. The molecule has 0 bridgehead atoms. The molecule has 94 valence electrons. The quantitative estimate of drug-likeness (QED) is 0.828. The van der Waals surface area contributed by atoms with Crippen LogP contribution in [0.25, 0.3) is 0 Å². The molecule has 0 saturated heterocycles. The molecule has 0 aliphatic carbocycles. The molecule has 5 heteroatoms. The second-order valence-corrected chi connectivity index (χ2v) is 4.72. The number of carbonyl (C=O) groups excluding carboxylic acids is 1. The van der Waals surface area contributed by atoms with Gasteiger partial charge < -0.3 is 9.84 Å². The van der Waals surface area contributed by atoms with E-state index < -0.39 is 11.7 Å². The molecule has 1 aromatic rings. The maximum Gasteiger partial charge on any atom is 0.412 e. The third-order valence-corrected chi connectivity index (χ3v) is 2.09. The van der Waals surface area contributed by atoms with Crippen LogP contribution in [0.5, 0.6) is 0 Å². The minimum absolute atomic E-state index is 0.157. The first-order valence-corrected chi connectivity index (χ1v) is 5.39. The van der Waals surface area contributed by atoms with Crippen molar-refractivity contribution in [1.29, 1.82) is 0 Å². The maximum absolute atomic E-state index is 11.6. The third-order valence-electron chi connectivity index (χ3n) is 2.09. The van der Waals surface area contributed by atoms with E-state index in [9.17, 15) is 4.79 Å². The maximum atomic E-state index is 11.6. The first-order valence-electron chi connectivity index (χ1n) is 5.39. The monoisotopic (exact) mass is 238 g/mol. The summed E-state index contributed by atoms with van der Waals surface area (Å²) < 4.78 is 5.14. The van der Waals surface area contributed by atoms with Crippen LogP contribution in [-0.4, -0.2) is 21.8 Å². The van der Waals surface area contributed by atoms with Gasteiger partial charge in [-0.1, -0.05) is 0 Å². The number of nitrogens with zero attached hydrogens (tertiary/aromatic N) is 1. The van der Waals surface area contributed by atoms with Gasteiger partial charge in [-0.25, -0.2) is 4.79 Å². The predicted molar refractivity (Wildman–Crippen MR) is 64.8 cm³/mol. The van der Waals surface area contributed by atoms with Crippen molar-refractivity contribution in [2.75, 3.05) is 5.32 Å². The second-order valence-electron chi connectivity index (χ2n) is 4.72. The summed E-state index contributed by atoms with van der Waals surface area (Å²) in [7, 11) is 0. The van der Waals surface area contributed by atoms with Gasteiger partial charge in [0.15, 0.2) is 0 Å². The Kier molecular flexibility index (Phi) is 4.07. The molecule has 0 spiro atoms. The van der Waals surface area contributed by atoms with Crippen LogP contribution in [0.2, 0.25) is 0 Å². The van der Waals surface area contributed by atoms with Gasteiger partial charge in [-0.15, -0.1) is 0 Å². The van der Waals surface area contributed by atoms with Crippen LogP contribution >= 0.6 is 0 Å². The molecule has 0 radical (unpaired) electrons. The SMILES string of the molecule is Cc1c(NC(=O)OC(C)(C)C)ccnc1CO. The fraction of sp³-hybridized carbons (Fsp3) is 0.500. The summed E-state index contributed by atoms with van der Waals surface area (Å²) in [6.07, 6.45) is 1.02. The zero-order chi connectivity index (χ0) is 13.1. The van der Waals surface area contributed by atoms with Gasteiger partial charge in [-0.2, -0.15) is 0 Å². The van der Waals surface area contributed by atoms with E-state index >= 15 is 0 Å². The largest absolute Gasteiger partial charge is 0.444 e. The van der Waals surface area contributed by atoms with E-state index in [-0.39, 0.29) is 6.61 Å². The van der Waals surface area contributed by atoms with E-state index in [0.29, 0.717) is 11.4 Å². The Morgan fingerprint density at radius 2 is 2.18 bits per heavy atom. The fourth-order valence-electron chi connectivity index (χ4n) is 1.29. The number of aliphatic hydroxyl groups excluding tert-OH is 1. The highest BCUT2D eigenvalue weighted by Gasteiger charge is 2.17. The first-order chi connectivity index (χ1) is 7.83. The van der Waals surface area contributed by atoms with Gasteiger partial charge in [0.25, 0.3) is 0 Å². The minimum atomic E-state index is -0.537. The Bertz CT molecular complexity index is 411. The molecule has 1 heterocycles. The Hall–Kier alpha value is -1.62. The number of aromatic nitrogens is 1. The van der Waals surface area contributed by atoms with Crippen molar-refractivity contribution in [2.45, 2.75) is 39.9 Å². The van der Waals surface area contributed by atoms with E-state index in [4.69, 9.17) is 9.84 Å². The summed E-state index contributed by atoms with van der Waals surface area (Å²) in [6.45, 7) is 7.02. The number of rotatable bonds is 2. The van der Waals surface area contributed by atoms with Gasteiger partial charge in [0.05, 0.1) is 18.0 Å². The number of amides is 1. The molecule has 1 aromatic heterocycles. The molecule has 0 aliphatic heterocycles. The Morgan fingerprint density at radius 1 is 1.53 bits per heavy atom. The number of aliphatic hydroxyl groups is 1. The number of ether oxygens (including phenoxy) is 1. The van der Waals surface area contributed by atoms with Gasteiger partial charge >= 0.3 is 6.09 Å². The van der Waals surface area contributed by atoms with E-state index in [1.807, 2.05) is 0 Å². The molecule has 0 aliphatic rings. The Morgan fingerprint density at radius 3 is 2.71 bits per heavy atom. The molecule has 2 N–H and O–H groups in total. The van der Waals surface area contributed by atoms with Gasteiger partial charge in [-0.3, -0.25) is 10.3 Å². The number of hydrogen-bond donors (Lipinski definition) is 2. The van der Waals surface area contributed by atoms with Crippen molar-refractivity contribution >= 4 is 11.8 Å². The van der Waals surface area contributed by atoms with Crippen molar-refractivity contribution in [3.63, 3.8) is 0 Å². The van der Waals surface area contributed by atoms with Crippen LogP contribution in [0.1, 0.15) is 32.0 Å². The number of carbonyl (C=O) groups is 1. The van der Waals surface area contributed by atoms with Crippen LogP contribution in [0.4, 0.5) is 10.5 Å². The molecule has 1 rings (SSSR count). The molecule has 0 unspecified atom stereocenters. The van der Waals surface area contributed by atoms with Crippen molar-refractivity contribution in [3.05, 3.63) is 23.5 Å². The number of pyridine rings is 1. The smallest absolute Gasteiger partial charge is 0.412 e. The lowest BCUT2D eigenvalue weighted by Crippen LogP contribution is -2.27. The Labute approximate surface area is 101 Å². The number of nitrogens with one attached hydrogen (secondary N) is 1. The standard InChI is InChI=1S/C12H18N2O3/c1-8-9(5-6-13-10(8)7-15)14-11(16)17-12(2,3)4/h5-6,15H,7H2,1-4H3,(H,13,14,16). The summed E-state index contributed by atoms with van der Waals surface area (Å²) in [4.78, 5) is 15.6. The highest BCUT2D eigenvalue weighted by molar-refractivity contribution is 5.85. The second kappa shape index (κ2) is 5.14. The topological polar surface area (TPSA) is 71.5 Å². The average molecular weight is 238 g/mol. The van der Waals surface area contributed by atoms with Crippen LogP contribution < -0.4 is 5.32 Å². The molecular formula is C12H18N2O3. The molecule has 0 atom stereocenters. The average Bonchev–Trinajstić information content (AvgIpc) is 2.18. The summed E-state index contributed by atoms with van der Waals surface area (Å²) in [5.41, 5.74) is 1.34. The van der Waals surface area contributed by atoms with Crippen molar-refractivity contribution in [3.8, 4) is 0 Å².